The van der Waals surface area contributed by atoms with Crippen molar-refractivity contribution in [1.82, 2.24) is 35.1 Å². The summed E-state index contributed by atoms with van der Waals surface area (Å²) in [6.45, 7) is 1.84. The van der Waals surface area contributed by atoms with Crippen molar-refractivity contribution >= 4 is 11.8 Å². The largest absolute Gasteiger partial charge is 0.389 e. The van der Waals surface area contributed by atoms with E-state index in [4.69, 9.17) is 0 Å². The van der Waals surface area contributed by atoms with E-state index in [1.165, 1.54) is 21.8 Å². The summed E-state index contributed by atoms with van der Waals surface area (Å²) in [4.78, 5) is 23.8. The molecule has 1 aliphatic rings. The molecule has 3 heterocycles. The number of aromatic amines is 1. The van der Waals surface area contributed by atoms with Crippen LogP contribution in [0.25, 0.3) is 0 Å². The Kier molecular flexibility index (Phi) is 7.00. The molecule has 0 spiro atoms. The number of hydrogen-bond acceptors (Lipinski definition) is 6. The minimum atomic E-state index is -4.33. The Morgan fingerprint density at radius 1 is 1.11 bits per heavy atom. The standard InChI is InChI=1S/C21H24F4N8O2/c1-13-26-17-18(27-13)31(9-2-8-21(23,24)25)20(35)32(19(17)34)10-3-11-33-29-16(28-30-33)12-14-4-6-15(22)7-5-14/h4-7,19,34H,2-3,8-12H2,1H3,(H,26,27). The van der Waals surface area contributed by atoms with Crippen LogP contribution >= 0.6 is 0 Å². The number of rotatable bonds is 9. The number of benzene rings is 1. The number of anilines is 1. The first kappa shape index (κ1) is 24.6. The Bertz CT molecular complexity index is 1160. The van der Waals surface area contributed by atoms with Gasteiger partial charge >= 0.3 is 12.2 Å². The number of H-pyrrole nitrogens is 1. The molecule has 0 radical (unpaired) electrons. The lowest BCUT2D eigenvalue weighted by Gasteiger charge is -2.37. The van der Waals surface area contributed by atoms with Gasteiger partial charge in [-0.05, 0) is 42.7 Å². The number of aromatic nitrogens is 6. The van der Waals surface area contributed by atoms with Crippen LogP contribution in [0.4, 0.5) is 28.2 Å². The van der Waals surface area contributed by atoms with Crippen molar-refractivity contribution in [2.24, 2.45) is 0 Å². The minimum absolute atomic E-state index is 0.0993. The molecule has 1 aromatic carbocycles. The molecule has 1 atom stereocenters. The highest BCUT2D eigenvalue weighted by Gasteiger charge is 2.39. The first-order valence-electron chi connectivity index (χ1n) is 11.0. The zero-order valence-electron chi connectivity index (χ0n) is 18.8. The van der Waals surface area contributed by atoms with Gasteiger partial charge in [-0.25, -0.2) is 14.2 Å². The summed E-state index contributed by atoms with van der Waals surface area (Å²) in [7, 11) is 0. The SMILES string of the molecule is Cc1nc2c([nH]1)C(O)N(CCCn1nnc(Cc3ccc(F)cc3)n1)C(=O)N2CCCC(F)(F)F. The van der Waals surface area contributed by atoms with E-state index in [9.17, 15) is 27.5 Å². The second-order valence-electron chi connectivity index (χ2n) is 8.24. The molecular formula is C21H24F4N8O2. The smallest absolute Gasteiger partial charge is 0.368 e. The Morgan fingerprint density at radius 3 is 2.57 bits per heavy atom. The number of halogens is 4. The third-order valence-electron chi connectivity index (χ3n) is 5.48. The highest BCUT2D eigenvalue weighted by atomic mass is 19.4. The number of carbonyl (C=O) groups is 1. The third-order valence-corrected chi connectivity index (χ3v) is 5.48. The van der Waals surface area contributed by atoms with Crippen molar-refractivity contribution in [1.29, 1.82) is 0 Å². The number of carbonyl (C=O) groups excluding carboxylic acids is 1. The van der Waals surface area contributed by atoms with Gasteiger partial charge in [-0.3, -0.25) is 9.80 Å². The maximum atomic E-state index is 13.0. The molecule has 35 heavy (non-hydrogen) atoms. The van der Waals surface area contributed by atoms with E-state index >= 15 is 0 Å². The first-order chi connectivity index (χ1) is 16.6. The molecule has 0 bridgehead atoms. The van der Waals surface area contributed by atoms with Gasteiger partial charge in [0.2, 0.25) is 0 Å². The van der Waals surface area contributed by atoms with Crippen LogP contribution in [0.5, 0.6) is 0 Å². The summed E-state index contributed by atoms with van der Waals surface area (Å²) in [5.41, 5.74) is 1.08. The predicted molar refractivity (Wildman–Crippen MR) is 115 cm³/mol. The normalized spacial score (nSPS) is 16.2. The van der Waals surface area contributed by atoms with Gasteiger partial charge in [-0.15, -0.1) is 10.2 Å². The molecule has 188 valence electrons. The molecule has 1 aliphatic heterocycles. The van der Waals surface area contributed by atoms with E-state index in [2.05, 4.69) is 25.4 Å². The van der Waals surface area contributed by atoms with Gasteiger partial charge in [0.1, 0.15) is 17.3 Å². The number of urea groups is 1. The second-order valence-corrected chi connectivity index (χ2v) is 8.24. The van der Waals surface area contributed by atoms with E-state index in [0.717, 1.165) is 10.5 Å². The van der Waals surface area contributed by atoms with Gasteiger partial charge in [0.25, 0.3) is 0 Å². The number of nitrogens with one attached hydrogen (secondary N) is 1. The van der Waals surface area contributed by atoms with Crippen LogP contribution in [-0.2, 0) is 13.0 Å². The Labute approximate surface area is 197 Å². The van der Waals surface area contributed by atoms with E-state index in [1.54, 1.807) is 19.1 Å². The number of aliphatic hydroxyl groups is 1. The average molecular weight is 496 g/mol. The number of aliphatic hydroxyl groups excluding tert-OH is 1. The van der Waals surface area contributed by atoms with Crippen LogP contribution in [0.15, 0.2) is 24.3 Å². The van der Waals surface area contributed by atoms with Crippen LogP contribution in [-0.4, -0.2) is 65.5 Å². The number of nitrogens with zero attached hydrogens (tertiary/aromatic N) is 7. The van der Waals surface area contributed by atoms with Gasteiger partial charge in [-0.1, -0.05) is 12.1 Å². The summed E-state index contributed by atoms with van der Waals surface area (Å²) in [6.07, 6.45) is -6.23. The molecule has 1 unspecified atom stereocenters. The first-order valence-corrected chi connectivity index (χ1v) is 11.0. The number of amides is 2. The fraction of sp³-hybridized carbons (Fsp3) is 0.476. The molecule has 2 amide bonds. The monoisotopic (exact) mass is 496 g/mol. The zero-order chi connectivity index (χ0) is 25.2. The Hall–Kier alpha value is -3.55. The van der Waals surface area contributed by atoms with E-state index < -0.39 is 24.9 Å². The summed E-state index contributed by atoms with van der Waals surface area (Å²) in [5.74, 6) is 0.682. The summed E-state index contributed by atoms with van der Waals surface area (Å²) in [6, 6.07) is 5.33. The number of fused-ring (bicyclic) bond motifs is 1. The van der Waals surface area contributed by atoms with Crippen molar-refractivity contribution < 1.29 is 27.5 Å². The van der Waals surface area contributed by atoms with Crippen molar-refractivity contribution in [3.8, 4) is 0 Å². The lowest BCUT2D eigenvalue weighted by atomic mass is 10.1. The van der Waals surface area contributed by atoms with E-state index in [-0.39, 0.29) is 43.4 Å². The topological polar surface area (TPSA) is 116 Å². The van der Waals surface area contributed by atoms with Gasteiger partial charge in [-0.2, -0.15) is 18.0 Å². The van der Waals surface area contributed by atoms with Gasteiger partial charge < -0.3 is 10.1 Å². The number of hydrogen-bond donors (Lipinski definition) is 2. The van der Waals surface area contributed by atoms with Crippen molar-refractivity contribution in [3.05, 3.63) is 53.0 Å². The number of aryl methyl sites for hydroxylation is 2. The molecular weight excluding hydrogens is 472 g/mol. The third kappa shape index (κ3) is 5.93. The Balaban J connectivity index is 1.37. The van der Waals surface area contributed by atoms with Crippen LogP contribution in [0, 0.1) is 12.7 Å². The number of imidazole rings is 1. The van der Waals surface area contributed by atoms with Crippen LogP contribution in [0.1, 0.15) is 48.4 Å². The fourth-order valence-electron chi connectivity index (χ4n) is 3.86. The fourth-order valence-corrected chi connectivity index (χ4v) is 3.86. The second kappa shape index (κ2) is 9.98. The lowest BCUT2D eigenvalue weighted by Crippen LogP contribution is -2.50. The molecule has 4 rings (SSSR count). The number of tetrazole rings is 1. The van der Waals surface area contributed by atoms with Crippen molar-refractivity contribution in [2.45, 2.75) is 51.6 Å². The van der Waals surface area contributed by atoms with Crippen molar-refractivity contribution in [3.63, 3.8) is 0 Å². The van der Waals surface area contributed by atoms with E-state index in [0.29, 0.717) is 24.5 Å². The molecule has 14 heteroatoms. The number of alkyl halides is 3. The molecule has 0 saturated carbocycles. The average Bonchev–Trinajstić information content (AvgIpc) is 3.40. The molecule has 10 nitrogen and oxygen atoms in total. The lowest BCUT2D eigenvalue weighted by molar-refractivity contribution is -0.135. The highest BCUT2D eigenvalue weighted by Crippen LogP contribution is 2.34. The van der Waals surface area contributed by atoms with Gasteiger partial charge in [0.15, 0.2) is 17.9 Å². The minimum Gasteiger partial charge on any atom is -0.368 e. The molecule has 0 saturated heterocycles. The maximum absolute atomic E-state index is 13.0. The summed E-state index contributed by atoms with van der Waals surface area (Å²) < 4.78 is 50.9. The predicted octanol–water partition coefficient (Wildman–Crippen LogP) is 3.10. The zero-order valence-corrected chi connectivity index (χ0v) is 18.8. The molecule has 0 aliphatic carbocycles. The maximum Gasteiger partial charge on any atom is 0.389 e. The molecule has 2 aromatic heterocycles. The molecule has 2 N–H and O–H groups in total. The summed E-state index contributed by atoms with van der Waals surface area (Å²) >= 11 is 0. The van der Waals surface area contributed by atoms with Crippen LogP contribution in [0.2, 0.25) is 0 Å². The molecule has 3 aromatic rings. The Morgan fingerprint density at radius 2 is 1.86 bits per heavy atom. The quantitative estimate of drug-likeness (QED) is 0.440. The van der Waals surface area contributed by atoms with E-state index in [1.807, 2.05) is 0 Å². The van der Waals surface area contributed by atoms with Gasteiger partial charge in [0, 0.05) is 25.9 Å². The van der Waals surface area contributed by atoms with Crippen molar-refractivity contribution in [2.75, 3.05) is 18.0 Å². The molecule has 0 fully saturated rings. The van der Waals surface area contributed by atoms with Crippen LogP contribution in [0.3, 0.4) is 0 Å². The summed E-state index contributed by atoms with van der Waals surface area (Å²) in [5, 5.41) is 22.9. The van der Waals surface area contributed by atoms with Crippen LogP contribution < -0.4 is 4.90 Å². The highest BCUT2D eigenvalue weighted by molar-refractivity contribution is 5.93. The van der Waals surface area contributed by atoms with Gasteiger partial charge in [0.05, 0.1) is 6.54 Å².